The van der Waals surface area contributed by atoms with Gasteiger partial charge in [0.15, 0.2) is 5.67 Å². The summed E-state index contributed by atoms with van der Waals surface area (Å²) < 4.78 is 19.7. The van der Waals surface area contributed by atoms with Crippen molar-refractivity contribution >= 4 is 16.8 Å². The number of carbonyl (C=O) groups excluding carboxylic acids is 1. The average Bonchev–Trinajstić information content (AvgIpc) is 2.34. The first-order chi connectivity index (χ1) is 9.74. The van der Waals surface area contributed by atoms with Gasteiger partial charge in [0, 0.05) is 6.42 Å². The number of alkyl halides is 1. The second-order valence-corrected chi connectivity index (χ2v) is 6.85. The summed E-state index contributed by atoms with van der Waals surface area (Å²) in [5.41, 5.74) is 2.24. The number of rotatable bonds is 5. The molecule has 1 aromatic carbocycles. The van der Waals surface area contributed by atoms with Crippen molar-refractivity contribution in [2.45, 2.75) is 51.6 Å². The van der Waals surface area contributed by atoms with Crippen LogP contribution in [0.1, 0.15) is 61.8 Å². The fourth-order valence-corrected chi connectivity index (χ4v) is 2.93. The van der Waals surface area contributed by atoms with E-state index in [1.165, 1.54) is 0 Å². The third kappa shape index (κ3) is 3.29. The zero-order valence-electron chi connectivity index (χ0n) is 13.0. The Morgan fingerprint density at radius 3 is 2.00 bits per heavy atom. The normalized spacial score (nSPS) is 17.1. The molecule has 2 nitrogen and oxygen atoms in total. The van der Waals surface area contributed by atoms with E-state index in [0.717, 1.165) is 16.7 Å². The van der Waals surface area contributed by atoms with Crippen LogP contribution in [0.5, 0.6) is 0 Å². The molecule has 0 atom stereocenters. The Bertz CT molecular complexity index is 519. The van der Waals surface area contributed by atoms with Crippen LogP contribution in [0.4, 0.5) is 4.39 Å². The molecule has 0 saturated carbocycles. The van der Waals surface area contributed by atoms with Crippen molar-refractivity contribution in [1.82, 2.24) is 0 Å². The van der Waals surface area contributed by atoms with Gasteiger partial charge >= 0.3 is 0 Å². The maximum Gasteiger partial charge on any atom is 0.226 e. The SMILES string of the molecule is CC(C)c1cc(C2(F)COC2)cc(C(C)C)c1CC(=O)Cl. The Morgan fingerprint density at radius 2 is 1.71 bits per heavy atom. The standard InChI is InChI=1S/C17H22ClFO2/c1-10(2)13-5-12(17(19)8-21-9-17)6-14(11(3)4)15(13)7-16(18)20/h5-6,10-11H,7-9H2,1-4H3. The monoisotopic (exact) mass is 312 g/mol. The highest BCUT2D eigenvalue weighted by Gasteiger charge is 2.41. The van der Waals surface area contributed by atoms with Crippen molar-refractivity contribution in [3.05, 3.63) is 34.4 Å². The predicted molar refractivity (Wildman–Crippen MR) is 82.8 cm³/mol. The molecule has 0 N–H and O–H groups in total. The van der Waals surface area contributed by atoms with Gasteiger partial charge in [-0.05, 0) is 45.7 Å². The summed E-state index contributed by atoms with van der Waals surface area (Å²) in [6.07, 6.45) is 0.193. The Labute approximate surface area is 130 Å². The lowest BCUT2D eigenvalue weighted by atomic mass is 9.81. The van der Waals surface area contributed by atoms with E-state index in [-0.39, 0.29) is 36.7 Å². The molecule has 0 aliphatic carbocycles. The lowest BCUT2D eigenvalue weighted by molar-refractivity contribution is -0.135. The van der Waals surface area contributed by atoms with E-state index in [4.69, 9.17) is 16.3 Å². The number of hydrogen-bond donors (Lipinski definition) is 0. The van der Waals surface area contributed by atoms with Crippen LogP contribution in [0.15, 0.2) is 12.1 Å². The third-order valence-corrected chi connectivity index (χ3v) is 4.19. The van der Waals surface area contributed by atoms with Crippen molar-refractivity contribution in [1.29, 1.82) is 0 Å². The average molecular weight is 313 g/mol. The number of halogens is 2. The molecule has 1 saturated heterocycles. The third-order valence-electron chi connectivity index (χ3n) is 4.06. The number of hydrogen-bond acceptors (Lipinski definition) is 2. The Morgan fingerprint density at radius 1 is 1.24 bits per heavy atom. The largest absolute Gasteiger partial charge is 0.374 e. The first-order valence-electron chi connectivity index (χ1n) is 7.37. The van der Waals surface area contributed by atoms with Crippen LogP contribution in [0.2, 0.25) is 0 Å². The molecule has 1 heterocycles. The molecule has 116 valence electrons. The van der Waals surface area contributed by atoms with E-state index in [1.807, 2.05) is 39.8 Å². The van der Waals surface area contributed by atoms with Crippen molar-refractivity contribution < 1.29 is 13.9 Å². The van der Waals surface area contributed by atoms with Crippen LogP contribution in [-0.2, 0) is 21.6 Å². The lowest BCUT2D eigenvalue weighted by Gasteiger charge is -2.35. The highest BCUT2D eigenvalue weighted by Crippen LogP contribution is 2.39. The van der Waals surface area contributed by atoms with E-state index < -0.39 is 5.67 Å². The first-order valence-corrected chi connectivity index (χ1v) is 7.74. The number of ether oxygens (including phenoxy) is 1. The van der Waals surface area contributed by atoms with E-state index in [9.17, 15) is 9.18 Å². The van der Waals surface area contributed by atoms with Gasteiger partial charge in [-0.25, -0.2) is 4.39 Å². The highest BCUT2D eigenvalue weighted by molar-refractivity contribution is 6.63. The summed E-state index contributed by atoms with van der Waals surface area (Å²) >= 11 is 5.60. The van der Waals surface area contributed by atoms with Crippen LogP contribution in [0, 0.1) is 0 Å². The summed E-state index contributed by atoms with van der Waals surface area (Å²) in [6.45, 7) is 8.41. The van der Waals surface area contributed by atoms with E-state index >= 15 is 0 Å². The molecular weight excluding hydrogens is 291 g/mol. The van der Waals surface area contributed by atoms with Gasteiger partial charge in [0.1, 0.15) is 0 Å². The van der Waals surface area contributed by atoms with E-state index in [1.54, 1.807) is 0 Å². The fourth-order valence-electron chi connectivity index (χ4n) is 2.80. The molecule has 0 radical (unpaired) electrons. The molecule has 0 unspecified atom stereocenters. The van der Waals surface area contributed by atoms with Crippen LogP contribution in [0.25, 0.3) is 0 Å². The van der Waals surface area contributed by atoms with Gasteiger partial charge in [0.2, 0.25) is 5.24 Å². The minimum Gasteiger partial charge on any atom is -0.374 e. The summed E-state index contributed by atoms with van der Waals surface area (Å²) in [7, 11) is 0. The molecule has 1 fully saturated rings. The van der Waals surface area contributed by atoms with Crippen LogP contribution >= 0.6 is 11.6 Å². The van der Waals surface area contributed by atoms with Crippen LogP contribution < -0.4 is 0 Å². The van der Waals surface area contributed by atoms with Gasteiger partial charge in [-0.15, -0.1) is 0 Å². The lowest BCUT2D eigenvalue weighted by Crippen LogP contribution is -2.42. The molecule has 0 aromatic heterocycles. The molecule has 4 heteroatoms. The van der Waals surface area contributed by atoms with Gasteiger partial charge in [-0.3, -0.25) is 4.79 Å². The molecule has 1 aromatic rings. The fraction of sp³-hybridized carbons (Fsp3) is 0.588. The minimum atomic E-state index is -1.39. The van der Waals surface area contributed by atoms with Crippen molar-refractivity contribution in [2.24, 2.45) is 0 Å². The Kier molecular flexibility index (Phi) is 4.74. The Balaban J connectivity index is 2.60. The summed E-state index contributed by atoms with van der Waals surface area (Å²) in [4.78, 5) is 11.4. The maximum absolute atomic E-state index is 14.7. The smallest absolute Gasteiger partial charge is 0.226 e. The Hall–Kier alpha value is -0.930. The molecular formula is C17H22ClFO2. The van der Waals surface area contributed by atoms with E-state index in [2.05, 4.69) is 0 Å². The van der Waals surface area contributed by atoms with Gasteiger partial charge < -0.3 is 4.74 Å². The summed E-state index contributed by atoms with van der Waals surface area (Å²) in [6, 6.07) is 3.77. The number of benzene rings is 1. The molecule has 1 aliphatic rings. The van der Waals surface area contributed by atoms with Gasteiger partial charge in [0.05, 0.1) is 13.2 Å². The maximum atomic E-state index is 14.7. The van der Waals surface area contributed by atoms with Crippen molar-refractivity contribution in [2.75, 3.05) is 13.2 Å². The second-order valence-electron chi connectivity index (χ2n) is 6.43. The van der Waals surface area contributed by atoms with E-state index in [0.29, 0.717) is 5.56 Å². The van der Waals surface area contributed by atoms with Crippen LogP contribution in [-0.4, -0.2) is 18.5 Å². The summed E-state index contributed by atoms with van der Waals surface area (Å²) in [5.74, 6) is 0.413. The molecule has 2 rings (SSSR count). The van der Waals surface area contributed by atoms with Gasteiger partial charge in [0.25, 0.3) is 0 Å². The topological polar surface area (TPSA) is 26.3 Å². The highest BCUT2D eigenvalue weighted by atomic mass is 35.5. The van der Waals surface area contributed by atoms with Crippen LogP contribution in [0.3, 0.4) is 0 Å². The first kappa shape index (κ1) is 16.4. The molecule has 0 spiro atoms. The second kappa shape index (κ2) is 6.05. The molecule has 0 amide bonds. The quantitative estimate of drug-likeness (QED) is 0.751. The van der Waals surface area contributed by atoms with Crippen molar-refractivity contribution in [3.63, 3.8) is 0 Å². The minimum absolute atomic E-state index is 0.107. The predicted octanol–water partition coefficient (Wildman–Crippen LogP) is 4.44. The van der Waals surface area contributed by atoms with Gasteiger partial charge in [-0.2, -0.15) is 0 Å². The van der Waals surface area contributed by atoms with Crippen molar-refractivity contribution in [3.8, 4) is 0 Å². The molecule has 21 heavy (non-hydrogen) atoms. The van der Waals surface area contributed by atoms with Gasteiger partial charge in [-0.1, -0.05) is 39.8 Å². The number of carbonyl (C=O) groups is 1. The summed E-state index contributed by atoms with van der Waals surface area (Å²) in [5, 5.41) is -0.381. The zero-order valence-corrected chi connectivity index (χ0v) is 13.8. The molecule has 0 bridgehead atoms. The molecule has 1 aliphatic heterocycles. The zero-order chi connectivity index (χ0) is 15.8.